The molecule has 0 unspecified atom stereocenters. The quantitative estimate of drug-likeness (QED) is 0.869. The Morgan fingerprint density at radius 2 is 1.90 bits per heavy atom. The van der Waals surface area contributed by atoms with Gasteiger partial charge < -0.3 is 10.6 Å². The minimum absolute atomic E-state index is 0.104. The van der Waals surface area contributed by atoms with Crippen molar-refractivity contribution in [3.63, 3.8) is 0 Å². The van der Waals surface area contributed by atoms with E-state index in [0.29, 0.717) is 13.1 Å². The highest BCUT2D eigenvalue weighted by molar-refractivity contribution is 7.08. The molecule has 0 aliphatic carbocycles. The van der Waals surface area contributed by atoms with Crippen molar-refractivity contribution in [2.45, 2.75) is 25.8 Å². The van der Waals surface area contributed by atoms with Gasteiger partial charge in [0.1, 0.15) is 5.82 Å². The molecule has 1 heterocycles. The summed E-state index contributed by atoms with van der Waals surface area (Å²) in [5.41, 5.74) is 1.97. The Hall–Kier alpha value is -1.88. The maximum atomic E-state index is 12.8. The molecule has 0 aliphatic heterocycles. The molecule has 21 heavy (non-hydrogen) atoms. The fraction of sp³-hybridized carbons (Fsp3) is 0.312. The van der Waals surface area contributed by atoms with Gasteiger partial charge in [-0.15, -0.1) is 0 Å². The van der Waals surface area contributed by atoms with Gasteiger partial charge in [-0.3, -0.25) is 0 Å². The van der Waals surface area contributed by atoms with Crippen molar-refractivity contribution in [3.05, 3.63) is 58.0 Å². The molecule has 1 aromatic carbocycles. The van der Waals surface area contributed by atoms with E-state index >= 15 is 0 Å². The van der Waals surface area contributed by atoms with E-state index in [0.717, 1.165) is 5.56 Å². The third kappa shape index (κ3) is 4.56. The zero-order valence-corrected chi connectivity index (χ0v) is 13.0. The highest BCUT2D eigenvalue weighted by Crippen LogP contribution is 2.24. The van der Waals surface area contributed by atoms with Crippen LogP contribution in [0.4, 0.5) is 9.18 Å². The predicted molar refractivity (Wildman–Crippen MR) is 84.0 cm³/mol. The predicted octanol–water partition coefficient (Wildman–Crippen LogP) is 3.66. The molecule has 0 aliphatic rings. The molecule has 0 radical (unpaired) electrons. The first-order chi connectivity index (χ1) is 9.97. The second-order valence-corrected chi connectivity index (χ2v) is 6.34. The van der Waals surface area contributed by atoms with E-state index in [2.05, 4.69) is 35.9 Å². The minimum atomic E-state index is -0.277. The lowest BCUT2D eigenvalue weighted by molar-refractivity contribution is 0.238. The first-order valence-electron chi connectivity index (χ1n) is 6.76. The van der Waals surface area contributed by atoms with E-state index in [9.17, 15) is 9.18 Å². The summed E-state index contributed by atoms with van der Waals surface area (Å²) in [6, 6.07) is 7.93. The maximum absolute atomic E-state index is 12.8. The van der Waals surface area contributed by atoms with Crippen LogP contribution in [-0.4, -0.2) is 12.6 Å². The average Bonchev–Trinajstić information content (AvgIpc) is 3.00. The van der Waals surface area contributed by atoms with E-state index in [1.54, 1.807) is 23.5 Å². The van der Waals surface area contributed by atoms with Crippen molar-refractivity contribution in [2.24, 2.45) is 0 Å². The van der Waals surface area contributed by atoms with Crippen molar-refractivity contribution in [2.75, 3.05) is 6.54 Å². The summed E-state index contributed by atoms with van der Waals surface area (Å²) in [5, 5.41) is 9.77. The number of urea groups is 1. The number of hydrogen-bond acceptors (Lipinski definition) is 2. The van der Waals surface area contributed by atoms with Crippen LogP contribution in [0.3, 0.4) is 0 Å². The fourth-order valence-electron chi connectivity index (χ4n) is 1.90. The number of thiophene rings is 1. The van der Waals surface area contributed by atoms with Gasteiger partial charge in [-0.1, -0.05) is 26.0 Å². The molecule has 2 amide bonds. The monoisotopic (exact) mass is 306 g/mol. The standard InChI is InChI=1S/C16H19FN2OS/c1-16(2,13-7-8-21-10-13)11-19-15(20)18-9-12-3-5-14(17)6-4-12/h3-8,10H,9,11H2,1-2H3,(H2,18,19,20). The van der Waals surface area contributed by atoms with E-state index in [1.807, 2.05) is 5.38 Å². The van der Waals surface area contributed by atoms with Crippen LogP contribution in [0.5, 0.6) is 0 Å². The van der Waals surface area contributed by atoms with Gasteiger partial charge in [0.05, 0.1) is 0 Å². The molecule has 0 saturated heterocycles. The number of amides is 2. The number of hydrogen-bond donors (Lipinski definition) is 2. The molecule has 2 aromatic rings. The van der Waals surface area contributed by atoms with Gasteiger partial charge in [-0.2, -0.15) is 11.3 Å². The van der Waals surface area contributed by atoms with Crippen LogP contribution >= 0.6 is 11.3 Å². The van der Waals surface area contributed by atoms with Crippen LogP contribution in [0.1, 0.15) is 25.0 Å². The second-order valence-electron chi connectivity index (χ2n) is 5.56. The third-order valence-corrected chi connectivity index (χ3v) is 4.04. The van der Waals surface area contributed by atoms with Gasteiger partial charge in [0, 0.05) is 18.5 Å². The molecular weight excluding hydrogens is 287 g/mol. The zero-order chi connectivity index (χ0) is 15.3. The summed E-state index contributed by atoms with van der Waals surface area (Å²) in [4.78, 5) is 11.8. The van der Waals surface area contributed by atoms with Gasteiger partial charge >= 0.3 is 6.03 Å². The van der Waals surface area contributed by atoms with E-state index in [4.69, 9.17) is 0 Å². The van der Waals surface area contributed by atoms with Gasteiger partial charge in [-0.25, -0.2) is 9.18 Å². The van der Waals surface area contributed by atoms with Gasteiger partial charge in [0.25, 0.3) is 0 Å². The molecule has 1 aromatic heterocycles. The fourth-order valence-corrected chi connectivity index (χ4v) is 2.75. The summed E-state index contributed by atoms with van der Waals surface area (Å²) in [7, 11) is 0. The van der Waals surface area contributed by atoms with Crippen LogP contribution < -0.4 is 10.6 Å². The number of nitrogens with one attached hydrogen (secondary N) is 2. The van der Waals surface area contributed by atoms with Gasteiger partial charge in [0.2, 0.25) is 0 Å². The molecule has 5 heteroatoms. The smallest absolute Gasteiger partial charge is 0.315 e. The summed E-state index contributed by atoms with van der Waals surface area (Å²) in [6.45, 7) is 5.12. The van der Waals surface area contributed by atoms with Crippen molar-refractivity contribution in [3.8, 4) is 0 Å². The molecule has 0 bridgehead atoms. The van der Waals surface area contributed by atoms with Crippen molar-refractivity contribution < 1.29 is 9.18 Å². The lowest BCUT2D eigenvalue weighted by atomic mass is 9.87. The molecule has 112 valence electrons. The molecule has 0 spiro atoms. The summed E-state index contributed by atoms with van der Waals surface area (Å²) in [5.74, 6) is -0.277. The first kappa shape index (κ1) is 15.5. The minimum Gasteiger partial charge on any atom is -0.337 e. The van der Waals surface area contributed by atoms with Crippen LogP contribution in [0.25, 0.3) is 0 Å². The van der Waals surface area contributed by atoms with Gasteiger partial charge in [0.15, 0.2) is 0 Å². The zero-order valence-electron chi connectivity index (χ0n) is 12.2. The van der Waals surface area contributed by atoms with Crippen LogP contribution in [-0.2, 0) is 12.0 Å². The largest absolute Gasteiger partial charge is 0.337 e. The van der Waals surface area contributed by atoms with E-state index in [-0.39, 0.29) is 17.3 Å². The highest BCUT2D eigenvalue weighted by atomic mass is 32.1. The summed E-state index contributed by atoms with van der Waals surface area (Å²) in [6.07, 6.45) is 0. The van der Waals surface area contributed by atoms with Crippen LogP contribution in [0.2, 0.25) is 0 Å². The van der Waals surface area contributed by atoms with Crippen molar-refractivity contribution in [1.29, 1.82) is 0 Å². The van der Waals surface area contributed by atoms with Crippen LogP contribution in [0, 0.1) is 5.82 Å². The molecule has 0 fully saturated rings. The second kappa shape index (κ2) is 6.72. The highest BCUT2D eigenvalue weighted by Gasteiger charge is 2.21. The number of rotatable bonds is 5. The summed E-state index contributed by atoms with van der Waals surface area (Å²) < 4.78 is 12.8. The molecule has 3 nitrogen and oxygen atoms in total. The Kier molecular flexibility index (Phi) is 4.96. The number of halogens is 1. The Labute approximate surface area is 128 Å². The van der Waals surface area contributed by atoms with E-state index in [1.165, 1.54) is 17.7 Å². The van der Waals surface area contributed by atoms with Crippen LogP contribution in [0.15, 0.2) is 41.1 Å². The lowest BCUT2D eigenvalue weighted by Crippen LogP contribution is -2.41. The number of carbonyl (C=O) groups excluding carboxylic acids is 1. The molecule has 2 rings (SSSR count). The number of carbonyl (C=O) groups is 1. The molecule has 0 atom stereocenters. The van der Waals surface area contributed by atoms with Crippen molar-refractivity contribution in [1.82, 2.24) is 10.6 Å². The first-order valence-corrected chi connectivity index (χ1v) is 7.70. The lowest BCUT2D eigenvalue weighted by Gasteiger charge is -2.24. The van der Waals surface area contributed by atoms with E-state index < -0.39 is 0 Å². The summed E-state index contributed by atoms with van der Waals surface area (Å²) >= 11 is 1.65. The third-order valence-electron chi connectivity index (χ3n) is 3.36. The normalized spacial score (nSPS) is 11.2. The van der Waals surface area contributed by atoms with Crippen molar-refractivity contribution >= 4 is 17.4 Å². The average molecular weight is 306 g/mol. The Bertz CT molecular complexity index is 579. The maximum Gasteiger partial charge on any atom is 0.315 e. The topological polar surface area (TPSA) is 41.1 Å². The molecule has 0 saturated carbocycles. The Morgan fingerprint density at radius 3 is 2.52 bits per heavy atom. The molecular formula is C16H19FN2OS. The SMILES string of the molecule is CC(C)(CNC(=O)NCc1ccc(F)cc1)c1ccsc1. The number of benzene rings is 1. The Balaban J connectivity index is 1.78. The Morgan fingerprint density at radius 1 is 1.19 bits per heavy atom. The van der Waals surface area contributed by atoms with Gasteiger partial charge in [-0.05, 0) is 40.1 Å². The molecule has 2 N–H and O–H groups in total.